The molecule has 3 heterocycles. The minimum atomic E-state index is -5.22. The first-order chi connectivity index (χ1) is 42.6. The first kappa shape index (κ1) is 74.6. The lowest BCUT2D eigenvalue weighted by Gasteiger charge is -2.42. The lowest BCUT2D eigenvalue weighted by molar-refractivity contribution is -0.158. The third kappa shape index (κ3) is 19.7. The van der Waals surface area contributed by atoms with Gasteiger partial charge in [0.15, 0.2) is 5.72 Å². The molecule has 2 fully saturated rings. The molecule has 0 saturated carbocycles. The van der Waals surface area contributed by atoms with Crippen LogP contribution in [0.25, 0.3) is 0 Å². The summed E-state index contributed by atoms with van der Waals surface area (Å²) in [7, 11) is 5.36. The molecule has 29 heteroatoms. The van der Waals surface area contributed by atoms with Crippen LogP contribution in [0.1, 0.15) is 115 Å². The maximum Gasteiger partial charge on any atom is 0.418 e. The predicted octanol–water partition coefficient (Wildman–Crippen LogP) is 6.95. The average Bonchev–Trinajstić information content (AvgIpc) is 1.58. The lowest BCUT2D eigenvalue weighted by atomic mass is 9.83. The molecule has 502 valence electrons. The van der Waals surface area contributed by atoms with Crippen molar-refractivity contribution in [3.8, 4) is 5.75 Å². The Morgan fingerprint density at radius 1 is 1.05 bits per heavy atom. The molecule has 0 aromatic heterocycles. The Bertz CT molecular complexity index is 3100. The molecular weight excluding hydrogens is 1290 g/mol. The number of carbonyl (C=O) groups is 9. The standard InChI is InChI=1S/C62H83BrClF3N8O16/c1-32(2)51(70-40(31-76)18-14-17-35(5)88-56(81)34(4)30-63)54(79)72-43(19-15-23-69-58(68)83)53(78)71-42-22-21-39(27-41(42)62(65,66)67)55(80)74(9)37(7)57(82)90-48-28-49(77)75(10)44-25-38(26-45(86-11)50(44)64)24-33(3)16-13-20-47(87-12)61(85)29-46(89-59(84)73-61)36(6)52-60(48,8)91-52/h13,16,20-22,25-27,31-32,35-37,40,43,46-48,51-52,70,85H,4,14-15,17-19,23-24,28-30H2,1-3,5-12H3,(H,71,78)(H,72,79)(H,73,84)(H3,68,69,83)/b20-13+,33-16+/t35?,36-,37+,40?,43+,46+,47-,48+,51+,52+,60+,61+/m1/s1. The second-order valence-electron chi connectivity index (χ2n) is 23.6. The summed E-state index contributed by atoms with van der Waals surface area (Å²) in [5.74, 6) is -6.34. The van der Waals surface area contributed by atoms with Crippen LogP contribution in [0.15, 0.2) is 66.3 Å². The summed E-state index contributed by atoms with van der Waals surface area (Å²) in [4.78, 5) is 122. The highest BCUT2D eigenvalue weighted by Gasteiger charge is 2.64. The van der Waals surface area contributed by atoms with Crippen molar-refractivity contribution in [1.29, 1.82) is 0 Å². The van der Waals surface area contributed by atoms with Gasteiger partial charge in [0.05, 0.1) is 54.8 Å². The van der Waals surface area contributed by atoms with Crippen LogP contribution >= 0.6 is 27.5 Å². The van der Waals surface area contributed by atoms with Crippen LogP contribution in [0.3, 0.4) is 0 Å². The van der Waals surface area contributed by atoms with E-state index in [1.807, 2.05) is 6.92 Å². The van der Waals surface area contributed by atoms with Crippen LogP contribution in [0.5, 0.6) is 5.75 Å². The fourth-order valence-corrected chi connectivity index (χ4v) is 11.2. The van der Waals surface area contributed by atoms with Gasteiger partial charge in [-0.3, -0.25) is 29.8 Å². The number of aliphatic hydroxyl groups is 1. The van der Waals surface area contributed by atoms with Crippen molar-refractivity contribution in [1.82, 2.24) is 26.2 Å². The van der Waals surface area contributed by atoms with Crippen molar-refractivity contribution in [2.24, 2.45) is 17.6 Å². The number of ether oxygens (including phenoxy) is 6. The number of primary amides is 1. The third-order valence-corrected chi connectivity index (χ3v) is 17.3. The van der Waals surface area contributed by atoms with Crippen molar-refractivity contribution < 1.29 is 89.8 Å². The van der Waals surface area contributed by atoms with Crippen LogP contribution in [-0.2, 0) is 65.0 Å². The molecule has 2 aromatic carbocycles. The number of esters is 2. The van der Waals surface area contributed by atoms with E-state index in [4.69, 9.17) is 45.8 Å². The number of allylic oxidation sites excluding steroid dienone is 3. The summed E-state index contributed by atoms with van der Waals surface area (Å²) in [6, 6.07) is -0.328. The number of epoxide rings is 1. The zero-order valence-corrected chi connectivity index (χ0v) is 55.1. The van der Waals surface area contributed by atoms with E-state index in [2.05, 4.69) is 49.1 Å². The largest absolute Gasteiger partial charge is 0.495 e. The van der Waals surface area contributed by atoms with Gasteiger partial charge in [-0.2, -0.15) is 13.2 Å². The number of nitrogens with zero attached hydrogens (tertiary/aromatic N) is 2. The number of nitrogens with two attached hydrogens (primary N) is 1. The van der Waals surface area contributed by atoms with E-state index in [0.717, 1.165) is 29.7 Å². The second-order valence-corrected chi connectivity index (χ2v) is 24.5. The molecule has 12 atom stereocenters. The van der Waals surface area contributed by atoms with Crippen molar-refractivity contribution >= 4 is 92.9 Å². The van der Waals surface area contributed by atoms with E-state index >= 15 is 13.2 Å². The Hall–Kier alpha value is -7.11. The fraction of sp³-hybridized carbons (Fsp3) is 0.565. The quantitative estimate of drug-likeness (QED) is 0.0101. The van der Waals surface area contributed by atoms with Crippen LogP contribution in [0.4, 0.5) is 34.1 Å². The monoisotopic (exact) mass is 1370 g/mol. The van der Waals surface area contributed by atoms with Gasteiger partial charge >= 0.3 is 30.2 Å². The molecule has 91 heavy (non-hydrogen) atoms. The number of alkyl halides is 4. The first-order valence-corrected chi connectivity index (χ1v) is 31.0. The van der Waals surface area contributed by atoms with Gasteiger partial charge in [-0.25, -0.2) is 19.2 Å². The maximum atomic E-state index is 15.1. The molecule has 0 spiro atoms. The van der Waals surface area contributed by atoms with Crippen LogP contribution in [-0.4, -0.2) is 170 Å². The van der Waals surface area contributed by atoms with Gasteiger partial charge in [-0.15, -0.1) is 0 Å². The molecule has 0 aliphatic carbocycles. The highest BCUT2D eigenvalue weighted by molar-refractivity contribution is 9.09. The molecule has 4 bridgehead atoms. The SMILES string of the molecule is C=C(CBr)C(=O)OC(C)CCCC(C=O)N[C@H](C(=O)N[C@@H](CCCNC(N)=O)C(=O)Nc1ccc(C(=O)N(C)[C@@H](C)C(=O)O[C@H]2CC(=O)N(C)c3cc(cc(OC)c3Cl)C/C(C)=C/C=C/[C@@H](OC)[C@@]3(O)C[C@H](OC(=O)N3)[C@@H](C)[C@@H]3O[C@@]23C)cc1C(F)(F)F)C(C)C. The average molecular weight is 1370 g/mol. The Kier molecular flexibility index (Phi) is 26.6. The van der Waals surface area contributed by atoms with Crippen LogP contribution in [0, 0.1) is 11.8 Å². The zero-order chi connectivity index (χ0) is 68.0. The van der Waals surface area contributed by atoms with E-state index < -0.39 is 155 Å². The van der Waals surface area contributed by atoms with Gasteiger partial charge in [-0.1, -0.05) is 78.7 Å². The minimum Gasteiger partial charge on any atom is -0.495 e. The number of hydrogen-bond acceptors (Lipinski definition) is 17. The summed E-state index contributed by atoms with van der Waals surface area (Å²) in [5.41, 5.74) is 0.801. The molecule has 0 radical (unpaired) electrons. The molecular formula is C62H83BrClF3N8O16. The summed E-state index contributed by atoms with van der Waals surface area (Å²) in [5, 5.41) is 24.8. The molecule has 2 aromatic rings. The number of amides is 7. The van der Waals surface area contributed by atoms with Crippen molar-refractivity contribution in [2.45, 2.75) is 172 Å². The van der Waals surface area contributed by atoms with Crippen LogP contribution < -0.4 is 42.0 Å². The Balaban J connectivity index is 1.40. The summed E-state index contributed by atoms with van der Waals surface area (Å²) < 4.78 is 80.0. The molecule has 5 rings (SSSR count). The summed E-state index contributed by atoms with van der Waals surface area (Å²) in [6.45, 7) is 14.9. The smallest absolute Gasteiger partial charge is 0.418 e. The molecule has 7 amide bonds. The lowest BCUT2D eigenvalue weighted by Crippen LogP contribution is -2.63. The number of halogens is 5. The number of alkyl carbamates (subject to hydrolysis) is 1. The highest BCUT2D eigenvalue weighted by Crippen LogP contribution is 2.49. The minimum absolute atomic E-state index is 0.00180. The number of likely N-dealkylation sites (N-methyl/N-ethyl adjacent to an activating group) is 1. The van der Waals surface area contributed by atoms with Crippen molar-refractivity contribution in [3.05, 3.63) is 88.0 Å². The number of fused-ring (bicyclic) bond motifs is 5. The third-order valence-electron chi connectivity index (χ3n) is 16.3. The highest BCUT2D eigenvalue weighted by atomic mass is 79.9. The first-order valence-electron chi connectivity index (χ1n) is 29.5. The van der Waals surface area contributed by atoms with E-state index in [1.54, 1.807) is 65.0 Å². The number of carbonyl (C=O) groups excluding carboxylic acids is 9. The molecule has 3 aliphatic heterocycles. The van der Waals surface area contributed by atoms with E-state index in [1.165, 1.54) is 33.1 Å². The molecule has 24 nitrogen and oxygen atoms in total. The van der Waals surface area contributed by atoms with Crippen molar-refractivity contribution in [2.75, 3.05) is 50.4 Å². The van der Waals surface area contributed by atoms with E-state index in [0.29, 0.717) is 37.2 Å². The zero-order valence-electron chi connectivity index (χ0n) is 52.8. The Morgan fingerprint density at radius 2 is 1.75 bits per heavy atom. The van der Waals surface area contributed by atoms with Crippen LogP contribution in [0.2, 0.25) is 5.02 Å². The molecule has 2 saturated heterocycles. The number of urea groups is 1. The van der Waals surface area contributed by atoms with Gasteiger partial charge in [-0.05, 0) is 108 Å². The second kappa shape index (κ2) is 32.4. The predicted molar refractivity (Wildman–Crippen MR) is 333 cm³/mol. The van der Waals surface area contributed by atoms with E-state index in [-0.39, 0.29) is 59.6 Å². The number of methoxy groups -OCH3 is 2. The molecule has 2 unspecified atom stereocenters. The van der Waals surface area contributed by atoms with Gasteiger partial charge in [0.25, 0.3) is 5.91 Å². The van der Waals surface area contributed by atoms with Crippen molar-refractivity contribution in [3.63, 3.8) is 0 Å². The summed E-state index contributed by atoms with van der Waals surface area (Å²) >= 11 is 9.97. The number of rotatable bonds is 25. The van der Waals surface area contributed by atoms with Gasteiger partial charge in [0, 0.05) is 56.6 Å². The topological polar surface area (TPSA) is 325 Å². The number of nitrogens with one attached hydrogen (secondary N) is 5. The number of benzene rings is 2. The Labute approximate surface area is 540 Å². The van der Waals surface area contributed by atoms with E-state index in [9.17, 15) is 48.3 Å². The molecule has 3 aliphatic rings. The molecule has 8 N–H and O–H groups in total. The van der Waals surface area contributed by atoms with Gasteiger partial charge in [0.1, 0.15) is 53.1 Å². The summed E-state index contributed by atoms with van der Waals surface area (Å²) in [6.07, 6.45) is -5.26. The van der Waals surface area contributed by atoms with Gasteiger partial charge in [0.2, 0.25) is 17.7 Å². The number of aldehydes is 1. The fourth-order valence-electron chi connectivity index (χ4n) is 10.7. The number of anilines is 2. The maximum absolute atomic E-state index is 15.1. The number of hydrogen-bond donors (Lipinski definition) is 7. The van der Waals surface area contributed by atoms with Gasteiger partial charge < -0.3 is 69.8 Å². The normalized spacial score (nSPS) is 24.4. The Morgan fingerprint density at radius 3 is 2.36 bits per heavy atom.